The molecule has 3 fully saturated rings. The lowest BCUT2D eigenvalue weighted by Crippen LogP contribution is -2.74. The van der Waals surface area contributed by atoms with Gasteiger partial charge in [0.2, 0.25) is 10.0 Å². The molecule has 8 atom stereocenters. The average molecular weight is 587 g/mol. The fraction of sp³-hybridized carbons (Fsp3) is 0.781. The van der Waals surface area contributed by atoms with E-state index < -0.39 is 61.1 Å². The maximum absolute atomic E-state index is 14.5. The third kappa shape index (κ3) is 3.82. The van der Waals surface area contributed by atoms with Crippen molar-refractivity contribution in [1.82, 2.24) is 4.72 Å². The third-order valence-corrected chi connectivity index (χ3v) is 14.5. The molecule has 0 bridgehead atoms. The molecule has 0 saturated heterocycles. The zero-order chi connectivity index (χ0) is 30.7. The molecule has 0 aromatic heterocycles. The highest BCUT2D eigenvalue weighted by Gasteiger charge is 2.75. The number of carbonyl (C=O) groups excluding carboxylic acids is 2. The fourth-order valence-corrected chi connectivity index (χ4v) is 11.7. The van der Waals surface area contributed by atoms with Crippen molar-refractivity contribution < 1.29 is 28.2 Å². The first-order chi connectivity index (χ1) is 18.7. The lowest BCUT2D eigenvalue weighted by Gasteiger charge is -2.71. The maximum Gasteiger partial charge on any atom is 0.214 e. The number of Topliss-reactive ketones (excluding diaryl/α,β-unsaturated/α-hetero) is 1. The van der Waals surface area contributed by atoms with Gasteiger partial charge in [-0.3, -0.25) is 9.59 Å². The van der Waals surface area contributed by atoms with Gasteiger partial charge in [-0.1, -0.05) is 47.6 Å². The maximum atomic E-state index is 14.5. The number of rotatable bonds is 4. The van der Waals surface area contributed by atoms with Gasteiger partial charge in [0.1, 0.15) is 11.7 Å². The number of allylic oxidation sites excluding steroid dienone is 3. The molecular formula is C32H46N2O6S. The zero-order valence-electron chi connectivity index (χ0n) is 25.6. The molecule has 0 radical (unpaired) electrons. The molecule has 9 heteroatoms. The van der Waals surface area contributed by atoms with Crippen molar-refractivity contribution in [2.75, 3.05) is 12.4 Å². The molecule has 0 aliphatic heterocycles. The third-order valence-electron chi connectivity index (χ3n) is 13.0. The lowest BCUT2D eigenvalue weighted by molar-refractivity contribution is -0.239. The molecular weight excluding hydrogens is 540 g/mol. The van der Waals surface area contributed by atoms with Crippen LogP contribution in [0.15, 0.2) is 23.3 Å². The summed E-state index contributed by atoms with van der Waals surface area (Å²) in [6.07, 6.45) is 7.84. The number of hydrogen-bond acceptors (Lipinski definition) is 7. The van der Waals surface area contributed by atoms with E-state index in [1.165, 1.54) is 0 Å². The smallest absolute Gasteiger partial charge is 0.214 e. The second-order valence-corrected chi connectivity index (χ2v) is 17.4. The van der Waals surface area contributed by atoms with E-state index in [1.54, 1.807) is 12.2 Å². The SMILES string of the molecule is CC1(C)C(=O)C(C#N)=C[C@]2(C)C3=CC(=O)[C@]4(O)[C@@H]5C[C@@](C)(NS(=O)(=O)CCO)CC[C@@]5(C)CC[C@@]4(C)[C@]3(C)CC[C@@H]12. The number of aliphatic hydroxyl groups excluding tert-OH is 1. The van der Waals surface area contributed by atoms with Crippen LogP contribution in [0.25, 0.3) is 0 Å². The van der Waals surface area contributed by atoms with Gasteiger partial charge < -0.3 is 10.2 Å². The Labute approximate surface area is 244 Å². The molecule has 3 saturated carbocycles. The van der Waals surface area contributed by atoms with Crippen molar-refractivity contribution in [3.63, 3.8) is 0 Å². The standard InChI is InChI=1S/C32H46N2O6S/c1-26(2)21-8-9-30(6)22(29(21,5)17-20(19-33)25(26)37)16-24(36)32(38)23-18-28(4,34-41(39,40)15-14-35)12-10-27(23,3)11-13-31(30,32)7/h16-17,21,23,34-35,38H,8-15,18H2,1-7H3/t21-,23+,27-,28-,29-,30+,31-,32+/m0/s1. The average Bonchev–Trinajstić information content (AvgIpc) is 2.86. The Morgan fingerprint density at radius 1 is 1.00 bits per heavy atom. The van der Waals surface area contributed by atoms with Crippen molar-refractivity contribution >= 4 is 21.6 Å². The summed E-state index contributed by atoms with van der Waals surface area (Å²) in [5, 5.41) is 32.1. The minimum Gasteiger partial charge on any atom is -0.395 e. The van der Waals surface area contributed by atoms with Crippen molar-refractivity contribution in [3.8, 4) is 6.07 Å². The van der Waals surface area contributed by atoms with Crippen LogP contribution in [-0.2, 0) is 19.6 Å². The van der Waals surface area contributed by atoms with Crippen LogP contribution < -0.4 is 4.72 Å². The van der Waals surface area contributed by atoms with Gasteiger partial charge in [-0.15, -0.1) is 0 Å². The number of fused-ring (bicyclic) bond motifs is 7. The Morgan fingerprint density at radius 3 is 2.24 bits per heavy atom. The molecule has 0 spiro atoms. The van der Waals surface area contributed by atoms with Gasteiger partial charge in [-0.25, -0.2) is 13.1 Å². The predicted molar refractivity (Wildman–Crippen MR) is 155 cm³/mol. The molecule has 0 aromatic carbocycles. The highest BCUT2D eigenvalue weighted by molar-refractivity contribution is 7.89. The number of hydrogen-bond donors (Lipinski definition) is 3. The number of nitrogens with one attached hydrogen (secondary N) is 1. The molecule has 5 rings (SSSR count). The van der Waals surface area contributed by atoms with Crippen LogP contribution >= 0.6 is 0 Å². The highest BCUT2D eigenvalue weighted by Crippen LogP contribution is 2.75. The number of sulfonamides is 1. The molecule has 8 nitrogen and oxygen atoms in total. The fourth-order valence-electron chi connectivity index (χ4n) is 10.4. The number of nitriles is 1. The van der Waals surface area contributed by atoms with Crippen LogP contribution in [0.4, 0.5) is 0 Å². The monoisotopic (exact) mass is 586 g/mol. The summed E-state index contributed by atoms with van der Waals surface area (Å²) in [6.45, 7) is 13.5. The summed E-state index contributed by atoms with van der Waals surface area (Å²) in [7, 11) is -3.74. The van der Waals surface area contributed by atoms with Gasteiger partial charge in [0.05, 0.1) is 17.9 Å². The number of carbonyl (C=O) groups is 2. The summed E-state index contributed by atoms with van der Waals surface area (Å²) in [4.78, 5) is 27.7. The van der Waals surface area contributed by atoms with Crippen LogP contribution in [0, 0.1) is 50.2 Å². The summed E-state index contributed by atoms with van der Waals surface area (Å²) >= 11 is 0. The molecule has 5 aliphatic rings. The largest absolute Gasteiger partial charge is 0.395 e. The first-order valence-electron chi connectivity index (χ1n) is 15.0. The van der Waals surface area contributed by atoms with Crippen molar-refractivity contribution in [1.29, 1.82) is 5.26 Å². The Balaban J connectivity index is 1.66. The van der Waals surface area contributed by atoms with Gasteiger partial charge in [0.25, 0.3) is 0 Å². The Morgan fingerprint density at radius 2 is 1.63 bits per heavy atom. The summed E-state index contributed by atoms with van der Waals surface area (Å²) < 4.78 is 28.2. The first kappa shape index (κ1) is 30.6. The number of nitrogens with zero attached hydrogens (tertiary/aromatic N) is 1. The van der Waals surface area contributed by atoms with Crippen molar-refractivity contribution in [2.24, 2.45) is 38.9 Å². The second-order valence-electron chi connectivity index (χ2n) is 15.6. The van der Waals surface area contributed by atoms with E-state index in [2.05, 4.69) is 24.6 Å². The summed E-state index contributed by atoms with van der Waals surface area (Å²) in [6, 6.07) is 2.12. The van der Waals surface area contributed by atoms with Crippen LogP contribution in [0.3, 0.4) is 0 Å². The summed E-state index contributed by atoms with van der Waals surface area (Å²) in [5.41, 5.74) is -4.78. The summed E-state index contributed by atoms with van der Waals surface area (Å²) in [5.74, 6) is -1.47. The highest BCUT2D eigenvalue weighted by atomic mass is 32.2. The zero-order valence-corrected chi connectivity index (χ0v) is 26.4. The van der Waals surface area contributed by atoms with E-state index in [1.807, 2.05) is 34.6 Å². The minimum absolute atomic E-state index is 0.0886. The first-order valence-corrected chi connectivity index (χ1v) is 16.6. The molecule has 0 unspecified atom stereocenters. The van der Waals surface area contributed by atoms with Crippen LogP contribution in [-0.4, -0.2) is 53.7 Å². The number of ketones is 2. The minimum atomic E-state index is -3.74. The van der Waals surface area contributed by atoms with E-state index >= 15 is 0 Å². The van der Waals surface area contributed by atoms with Crippen LogP contribution in [0.2, 0.25) is 0 Å². The molecule has 226 valence electrons. The van der Waals surface area contributed by atoms with Gasteiger partial charge in [0, 0.05) is 27.7 Å². The molecule has 5 aliphatic carbocycles. The predicted octanol–water partition coefficient (Wildman–Crippen LogP) is 3.98. The van der Waals surface area contributed by atoms with Gasteiger partial charge in [0.15, 0.2) is 11.6 Å². The molecule has 0 aromatic rings. The van der Waals surface area contributed by atoms with Crippen LogP contribution in [0.5, 0.6) is 0 Å². The Kier molecular flexibility index (Phi) is 6.60. The molecule has 0 amide bonds. The second kappa shape index (κ2) is 8.84. The van der Waals surface area contributed by atoms with E-state index in [0.29, 0.717) is 32.1 Å². The Hall–Kier alpha value is -1.86. The van der Waals surface area contributed by atoms with Crippen LogP contribution in [0.1, 0.15) is 93.4 Å². The normalized spacial score (nSPS) is 47.1. The van der Waals surface area contributed by atoms with Gasteiger partial charge in [-0.05, 0) is 80.3 Å². The molecule has 3 N–H and O–H groups in total. The van der Waals surface area contributed by atoms with Crippen molar-refractivity contribution in [3.05, 3.63) is 23.3 Å². The topological polar surface area (TPSA) is 145 Å². The molecule has 41 heavy (non-hydrogen) atoms. The lowest BCUT2D eigenvalue weighted by atomic mass is 9.33. The van der Waals surface area contributed by atoms with E-state index in [0.717, 1.165) is 18.4 Å². The van der Waals surface area contributed by atoms with E-state index in [4.69, 9.17) is 0 Å². The van der Waals surface area contributed by atoms with E-state index in [-0.39, 0.29) is 28.5 Å². The number of aliphatic hydroxyl groups is 2. The van der Waals surface area contributed by atoms with E-state index in [9.17, 15) is 33.5 Å². The van der Waals surface area contributed by atoms with Gasteiger partial charge >= 0.3 is 0 Å². The quantitative estimate of drug-likeness (QED) is 0.452. The van der Waals surface area contributed by atoms with Crippen molar-refractivity contribution in [2.45, 2.75) is 105 Å². The Bertz CT molecular complexity index is 1430. The van der Waals surface area contributed by atoms with Gasteiger partial charge in [-0.2, -0.15) is 5.26 Å². The molecule has 0 heterocycles.